The van der Waals surface area contributed by atoms with E-state index in [2.05, 4.69) is 5.32 Å². The molecule has 0 aliphatic carbocycles. The van der Waals surface area contributed by atoms with Crippen LogP contribution in [0.15, 0.2) is 36.0 Å². The molecule has 0 fully saturated rings. The van der Waals surface area contributed by atoms with Crippen LogP contribution in [0.4, 0.5) is 5.69 Å². The van der Waals surface area contributed by atoms with Gasteiger partial charge in [-0.25, -0.2) is 4.79 Å². The quantitative estimate of drug-likeness (QED) is 0.648. The Morgan fingerprint density at radius 2 is 2.31 bits per heavy atom. The van der Waals surface area contributed by atoms with Crippen molar-refractivity contribution < 1.29 is 9.53 Å². The Balaban J connectivity index is 2.63. The molecule has 0 aliphatic heterocycles. The maximum Gasteiger partial charge on any atom is 0.332 e. The summed E-state index contributed by atoms with van der Waals surface area (Å²) in [7, 11) is 0. The third kappa shape index (κ3) is 4.36. The molecule has 0 saturated heterocycles. The summed E-state index contributed by atoms with van der Waals surface area (Å²) in [6, 6.07) is 7.28. The van der Waals surface area contributed by atoms with Gasteiger partial charge >= 0.3 is 5.97 Å². The van der Waals surface area contributed by atoms with Gasteiger partial charge in [0, 0.05) is 22.5 Å². The van der Waals surface area contributed by atoms with Gasteiger partial charge in [-0.15, -0.1) is 0 Å². The molecule has 0 heterocycles. The third-order valence-electron chi connectivity index (χ3n) is 1.79. The van der Waals surface area contributed by atoms with Gasteiger partial charge in [0.15, 0.2) is 0 Å². The standard InChI is InChI=1S/C12H14ClNO2/c1-3-16-12(15)7-9(2)14-11-6-4-5-10(13)8-11/h4-8,14H,3H2,1-2H3/b9-7-. The van der Waals surface area contributed by atoms with E-state index in [-0.39, 0.29) is 5.97 Å². The second kappa shape index (κ2) is 6.18. The van der Waals surface area contributed by atoms with Crippen molar-refractivity contribution in [1.29, 1.82) is 0 Å². The largest absolute Gasteiger partial charge is 0.463 e. The maximum absolute atomic E-state index is 11.1. The van der Waals surface area contributed by atoms with Gasteiger partial charge in [-0.1, -0.05) is 17.7 Å². The number of benzene rings is 1. The van der Waals surface area contributed by atoms with E-state index in [1.807, 2.05) is 12.1 Å². The first-order valence-corrected chi connectivity index (χ1v) is 5.37. The molecule has 0 radical (unpaired) electrons. The number of ether oxygens (including phenoxy) is 1. The molecule has 0 atom stereocenters. The van der Waals surface area contributed by atoms with E-state index in [4.69, 9.17) is 16.3 Å². The number of anilines is 1. The first-order chi connectivity index (χ1) is 7.61. The maximum atomic E-state index is 11.1. The molecule has 1 aromatic carbocycles. The Hall–Kier alpha value is -1.48. The molecule has 1 rings (SSSR count). The van der Waals surface area contributed by atoms with Crippen LogP contribution in [0.1, 0.15) is 13.8 Å². The van der Waals surface area contributed by atoms with E-state index < -0.39 is 0 Å². The predicted octanol–water partition coefficient (Wildman–Crippen LogP) is 3.22. The highest BCUT2D eigenvalue weighted by Gasteiger charge is 1.99. The van der Waals surface area contributed by atoms with Crippen LogP contribution >= 0.6 is 11.6 Å². The van der Waals surface area contributed by atoms with E-state index in [0.717, 1.165) is 5.69 Å². The van der Waals surface area contributed by atoms with Crippen LogP contribution in [-0.2, 0) is 9.53 Å². The molecule has 86 valence electrons. The lowest BCUT2D eigenvalue weighted by Gasteiger charge is -2.06. The number of carbonyl (C=O) groups is 1. The molecular formula is C12H14ClNO2. The minimum atomic E-state index is -0.352. The fourth-order valence-electron chi connectivity index (χ4n) is 1.19. The second-order valence-electron chi connectivity index (χ2n) is 3.21. The Morgan fingerprint density at radius 3 is 2.94 bits per heavy atom. The molecule has 0 aliphatic rings. The molecule has 1 N–H and O–H groups in total. The van der Waals surface area contributed by atoms with Crippen molar-refractivity contribution in [2.24, 2.45) is 0 Å². The molecule has 0 aromatic heterocycles. The van der Waals surface area contributed by atoms with Crippen LogP contribution < -0.4 is 5.32 Å². The smallest absolute Gasteiger partial charge is 0.332 e. The fraction of sp³-hybridized carbons (Fsp3) is 0.250. The van der Waals surface area contributed by atoms with Crippen LogP contribution in [0.5, 0.6) is 0 Å². The summed E-state index contributed by atoms with van der Waals surface area (Å²) in [6.45, 7) is 3.93. The van der Waals surface area contributed by atoms with Crippen molar-refractivity contribution in [3.8, 4) is 0 Å². The highest BCUT2D eigenvalue weighted by Crippen LogP contribution is 2.16. The topological polar surface area (TPSA) is 38.3 Å². The molecule has 0 amide bonds. The number of rotatable bonds is 4. The summed E-state index contributed by atoms with van der Waals surface area (Å²) in [5.41, 5.74) is 1.55. The Bertz CT molecular complexity index is 402. The van der Waals surface area contributed by atoms with Crippen LogP contribution in [-0.4, -0.2) is 12.6 Å². The number of esters is 1. The summed E-state index contributed by atoms with van der Waals surface area (Å²) in [4.78, 5) is 11.1. The Morgan fingerprint density at radius 1 is 1.56 bits per heavy atom. The van der Waals surface area contributed by atoms with E-state index in [1.165, 1.54) is 6.08 Å². The van der Waals surface area contributed by atoms with Gasteiger partial charge in [0.05, 0.1) is 6.61 Å². The fourth-order valence-corrected chi connectivity index (χ4v) is 1.38. The highest BCUT2D eigenvalue weighted by atomic mass is 35.5. The summed E-state index contributed by atoms with van der Waals surface area (Å²) in [5.74, 6) is -0.352. The van der Waals surface area contributed by atoms with Crippen LogP contribution in [0, 0.1) is 0 Å². The van der Waals surface area contributed by atoms with Crippen molar-refractivity contribution >= 4 is 23.3 Å². The SMILES string of the molecule is CCOC(=O)/C=C(/C)Nc1cccc(Cl)c1. The van der Waals surface area contributed by atoms with Gasteiger partial charge in [0.1, 0.15) is 0 Å². The van der Waals surface area contributed by atoms with Gasteiger partial charge in [-0.05, 0) is 32.0 Å². The van der Waals surface area contributed by atoms with Crippen molar-refractivity contribution in [3.05, 3.63) is 41.1 Å². The van der Waals surface area contributed by atoms with Gasteiger partial charge in [0.2, 0.25) is 0 Å². The lowest BCUT2D eigenvalue weighted by molar-refractivity contribution is -0.137. The molecule has 0 saturated carbocycles. The number of nitrogens with one attached hydrogen (secondary N) is 1. The number of halogens is 1. The zero-order valence-corrected chi connectivity index (χ0v) is 10.0. The summed E-state index contributed by atoms with van der Waals surface area (Å²) >= 11 is 5.83. The number of hydrogen-bond donors (Lipinski definition) is 1. The van der Waals surface area contributed by atoms with Crippen LogP contribution in [0.3, 0.4) is 0 Å². The molecular weight excluding hydrogens is 226 g/mol. The molecule has 0 unspecified atom stereocenters. The molecule has 3 nitrogen and oxygen atoms in total. The summed E-state index contributed by atoms with van der Waals surface area (Å²) < 4.78 is 4.79. The second-order valence-corrected chi connectivity index (χ2v) is 3.65. The van der Waals surface area contributed by atoms with E-state index >= 15 is 0 Å². The summed E-state index contributed by atoms with van der Waals surface area (Å²) in [6.07, 6.45) is 1.41. The molecule has 1 aromatic rings. The van der Waals surface area contributed by atoms with E-state index in [0.29, 0.717) is 17.3 Å². The molecule has 0 spiro atoms. The first-order valence-electron chi connectivity index (χ1n) is 4.99. The minimum Gasteiger partial charge on any atom is -0.463 e. The normalized spacial score (nSPS) is 11.1. The van der Waals surface area contributed by atoms with Gasteiger partial charge < -0.3 is 10.1 Å². The van der Waals surface area contributed by atoms with Gasteiger partial charge in [-0.3, -0.25) is 0 Å². The Labute approximate surface area is 100 Å². The molecule has 0 bridgehead atoms. The highest BCUT2D eigenvalue weighted by molar-refractivity contribution is 6.30. The molecule has 16 heavy (non-hydrogen) atoms. The van der Waals surface area contributed by atoms with Crippen molar-refractivity contribution in [3.63, 3.8) is 0 Å². The van der Waals surface area contributed by atoms with Gasteiger partial charge in [-0.2, -0.15) is 0 Å². The zero-order chi connectivity index (χ0) is 12.0. The van der Waals surface area contributed by atoms with Crippen LogP contribution in [0.2, 0.25) is 5.02 Å². The lowest BCUT2D eigenvalue weighted by atomic mass is 10.3. The first kappa shape index (κ1) is 12.6. The third-order valence-corrected chi connectivity index (χ3v) is 2.02. The predicted molar refractivity (Wildman–Crippen MR) is 65.5 cm³/mol. The number of carbonyl (C=O) groups excluding carboxylic acids is 1. The van der Waals surface area contributed by atoms with Crippen molar-refractivity contribution in [2.45, 2.75) is 13.8 Å². The average molecular weight is 240 g/mol. The minimum absolute atomic E-state index is 0.352. The van der Waals surface area contributed by atoms with Crippen molar-refractivity contribution in [1.82, 2.24) is 0 Å². The van der Waals surface area contributed by atoms with Gasteiger partial charge in [0.25, 0.3) is 0 Å². The lowest BCUT2D eigenvalue weighted by Crippen LogP contribution is -2.04. The number of allylic oxidation sites excluding steroid dienone is 1. The van der Waals surface area contributed by atoms with E-state index in [9.17, 15) is 4.79 Å². The van der Waals surface area contributed by atoms with Crippen molar-refractivity contribution in [2.75, 3.05) is 11.9 Å². The number of hydrogen-bond acceptors (Lipinski definition) is 3. The Kier molecular flexibility index (Phi) is 4.86. The van der Waals surface area contributed by atoms with E-state index in [1.54, 1.807) is 26.0 Å². The monoisotopic (exact) mass is 239 g/mol. The summed E-state index contributed by atoms with van der Waals surface area (Å²) in [5, 5.41) is 3.70. The zero-order valence-electron chi connectivity index (χ0n) is 9.29. The van der Waals surface area contributed by atoms with Crippen LogP contribution in [0.25, 0.3) is 0 Å². The average Bonchev–Trinajstić information content (AvgIpc) is 2.17. The molecule has 4 heteroatoms.